The maximum Gasteiger partial charge on any atom is 0.327 e. The lowest BCUT2D eigenvalue weighted by atomic mass is 10.2. The lowest BCUT2D eigenvalue weighted by Gasteiger charge is -2.30. The van der Waals surface area contributed by atoms with Crippen LogP contribution in [0.2, 0.25) is 0 Å². The molecule has 0 bridgehead atoms. The summed E-state index contributed by atoms with van der Waals surface area (Å²) in [6, 6.07) is -1.32. The van der Waals surface area contributed by atoms with Gasteiger partial charge in [0.2, 0.25) is 5.91 Å². The maximum absolute atomic E-state index is 12.1. The molecule has 0 radical (unpaired) electrons. The zero-order valence-corrected chi connectivity index (χ0v) is 11.1. The summed E-state index contributed by atoms with van der Waals surface area (Å²) < 4.78 is 0. The van der Waals surface area contributed by atoms with Crippen LogP contribution in [0.15, 0.2) is 0 Å². The molecule has 18 heavy (non-hydrogen) atoms. The second-order valence-corrected chi connectivity index (χ2v) is 5.27. The summed E-state index contributed by atoms with van der Waals surface area (Å²) >= 11 is 1.43. The van der Waals surface area contributed by atoms with Crippen molar-refractivity contribution in [1.82, 2.24) is 9.80 Å². The van der Waals surface area contributed by atoms with Gasteiger partial charge in [-0.2, -0.15) is 0 Å². The topological polar surface area (TPSA) is 104 Å². The number of urea groups is 1. The molecule has 3 N–H and O–H groups in total. The minimum atomic E-state index is -1.03. The molecule has 1 aliphatic rings. The van der Waals surface area contributed by atoms with Gasteiger partial charge in [-0.3, -0.25) is 9.69 Å². The van der Waals surface area contributed by atoms with Gasteiger partial charge in [-0.15, -0.1) is 11.8 Å². The van der Waals surface area contributed by atoms with E-state index in [0.29, 0.717) is 12.2 Å². The molecule has 2 atom stereocenters. The van der Waals surface area contributed by atoms with Gasteiger partial charge in [0.15, 0.2) is 0 Å². The van der Waals surface area contributed by atoms with Crippen LogP contribution in [0.3, 0.4) is 0 Å². The molecule has 1 rings (SSSR count). The molecule has 1 saturated heterocycles. The molecule has 8 heteroatoms. The van der Waals surface area contributed by atoms with Crippen molar-refractivity contribution in [2.45, 2.75) is 24.8 Å². The molecule has 0 aromatic rings. The van der Waals surface area contributed by atoms with E-state index in [1.807, 2.05) is 6.92 Å². The average molecular weight is 275 g/mol. The van der Waals surface area contributed by atoms with E-state index in [2.05, 4.69) is 0 Å². The van der Waals surface area contributed by atoms with E-state index in [1.54, 1.807) is 0 Å². The fourth-order valence-corrected chi connectivity index (χ4v) is 3.16. The highest BCUT2D eigenvalue weighted by Gasteiger charge is 2.42. The Bertz CT molecular complexity index is 363. The third-order valence-corrected chi connectivity index (χ3v) is 4.12. The normalized spacial score (nSPS) is 22.9. The van der Waals surface area contributed by atoms with Gasteiger partial charge in [-0.1, -0.05) is 6.92 Å². The fraction of sp³-hybridized carbons (Fsp3) is 0.700. The molecule has 1 heterocycles. The number of nitrogens with zero attached hydrogens (tertiary/aromatic N) is 2. The van der Waals surface area contributed by atoms with Crippen LogP contribution in [0.4, 0.5) is 4.79 Å². The smallest absolute Gasteiger partial charge is 0.327 e. The van der Waals surface area contributed by atoms with Crippen LogP contribution in [-0.4, -0.2) is 63.6 Å². The number of primary amides is 1. The Labute approximate surface area is 109 Å². The monoisotopic (exact) mass is 275 g/mol. The first-order valence-corrected chi connectivity index (χ1v) is 6.59. The summed E-state index contributed by atoms with van der Waals surface area (Å²) in [6.07, 6.45) is 0.657. The summed E-state index contributed by atoms with van der Waals surface area (Å²) in [5.74, 6) is -1.29. The van der Waals surface area contributed by atoms with E-state index in [4.69, 9.17) is 10.8 Å². The van der Waals surface area contributed by atoms with Crippen LogP contribution in [0.25, 0.3) is 0 Å². The van der Waals surface area contributed by atoms with Crippen LogP contribution in [0.1, 0.15) is 13.3 Å². The minimum Gasteiger partial charge on any atom is -0.480 e. The Morgan fingerprint density at radius 2 is 2.11 bits per heavy atom. The quantitative estimate of drug-likeness (QED) is 0.737. The molecule has 0 spiro atoms. The van der Waals surface area contributed by atoms with Gasteiger partial charge in [0.25, 0.3) is 0 Å². The third kappa shape index (κ3) is 3.06. The molecule has 0 saturated carbocycles. The van der Waals surface area contributed by atoms with Crippen LogP contribution in [0, 0.1) is 0 Å². The molecule has 1 aliphatic heterocycles. The van der Waals surface area contributed by atoms with Crippen LogP contribution in [-0.2, 0) is 9.59 Å². The van der Waals surface area contributed by atoms with Crippen LogP contribution >= 0.6 is 11.8 Å². The largest absolute Gasteiger partial charge is 0.480 e. The summed E-state index contributed by atoms with van der Waals surface area (Å²) in [7, 11) is 1.43. The second kappa shape index (κ2) is 5.94. The van der Waals surface area contributed by atoms with Gasteiger partial charge in [-0.25, -0.2) is 9.59 Å². The predicted octanol–water partition coefficient (Wildman–Crippen LogP) is -0.238. The number of hydrogen-bond acceptors (Lipinski definition) is 4. The van der Waals surface area contributed by atoms with E-state index < -0.39 is 23.9 Å². The Morgan fingerprint density at radius 3 is 2.56 bits per heavy atom. The number of carboxylic acid groups (broad SMARTS) is 1. The summed E-state index contributed by atoms with van der Waals surface area (Å²) in [5, 5.41) is 8.92. The SMILES string of the molecule is CCC1SCC(C(=O)O)N1C(=O)N(C)CC(N)=O. The number of amides is 3. The summed E-state index contributed by atoms with van der Waals surface area (Å²) in [6.45, 7) is 1.67. The van der Waals surface area contributed by atoms with Gasteiger partial charge < -0.3 is 15.7 Å². The van der Waals surface area contributed by atoms with Gasteiger partial charge in [-0.05, 0) is 6.42 Å². The lowest BCUT2D eigenvalue weighted by Crippen LogP contribution is -2.51. The lowest BCUT2D eigenvalue weighted by molar-refractivity contribution is -0.141. The highest BCUT2D eigenvalue weighted by molar-refractivity contribution is 8.00. The van der Waals surface area contributed by atoms with Crippen molar-refractivity contribution in [1.29, 1.82) is 0 Å². The Balaban J connectivity index is 2.84. The molecular weight excluding hydrogens is 258 g/mol. The molecule has 0 aromatic heterocycles. The average Bonchev–Trinajstić information content (AvgIpc) is 2.70. The number of carboxylic acids is 1. The van der Waals surface area contributed by atoms with Crippen LogP contribution < -0.4 is 5.73 Å². The van der Waals surface area contributed by atoms with E-state index >= 15 is 0 Å². The molecule has 102 valence electrons. The number of rotatable bonds is 4. The highest BCUT2D eigenvalue weighted by atomic mass is 32.2. The van der Waals surface area contributed by atoms with Crippen molar-refractivity contribution in [3.05, 3.63) is 0 Å². The number of nitrogens with two attached hydrogens (primary N) is 1. The van der Waals surface area contributed by atoms with E-state index in [-0.39, 0.29) is 11.9 Å². The number of aliphatic carboxylic acids is 1. The first-order chi connectivity index (χ1) is 8.38. The maximum atomic E-state index is 12.1. The Hall–Kier alpha value is -1.44. The number of hydrogen-bond donors (Lipinski definition) is 2. The first-order valence-electron chi connectivity index (χ1n) is 5.54. The Morgan fingerprint density at radius 1 is 1.50 bits per heavy atom. The van der Waals surface area contributed by atoms with Gasteiger partial charge >= 0.3 is 12.0 Å². The van der Waals surface area contributed by atoms with E-state index in [9.17, 15) is 14.4 Å². The van der Waals surface area contributed by atoms with Crippen molar-refractivity contribution in [2.24, 2.45) is 5.73 Å². The number of carbonyl (C=O) groups is 3. The zero-order valence-electron chi connectivity index (χ0n) is 10.3. The number of thioether (sulfide) groups is 1. The summed E-state index contributed by atoms with van der Waals surface area (Å²) in [5.41, 5.74) is 5.02. The van der Waals surface area contributed by atoms with Crippen molar-refractivity contribution in [2.75, 3.05) is 19.3 Å². The molecular formula is C10H17N3O4S. The van der Waals surface area contributed by atoms with Crippen LogP contribution in [0.5, 0.6) is 0 Å². The van der Waals surface area contributed by atoms with Gasteiger partial charge in [0, 0.05) is 12.8 Å². The fourth-order valence-electron chi connectivity index (χ4n) is 1.82. The molecule has 1 fully saturated rings. The first kappa shape index (κ1) is 14.6. The highest BCUT2D eigenvalue weighted by Crippen LogP contribution is 2.32. The molecule has 2 unspecified atom stereocenters. The van der Waals surface area contributed by atoms with Crippen molar-refractivity contribution < 1.29 is 19.5 Å². The molecule has 7 nitrogen and oxygen atoms in total. The standard InChI is InChI=1S/C10H17N3O4S/c1-3-8-13(6(5-18-8)9(15)16)10(17)12(2)4-7(11)14/h6,8H,3-5H2,1-2H3,(H2,11,14)(H,15,16). The Kier molecular flexibility index (Phi) is 4.83. The minimum absolute atomic E-state index is 0.172. The van der Waals surface area contributed by atoms with Gasteiger partial charge in [0.1, 0.15) is 12.6 Å². The molecule has 3 amide bonds. The second-order valence-electron chi connectivity index (χ2n) is 4.06. The van der Waals surface area contributed by atoms with Crippen molar-refractivity contribution >= 4 is 29.7 Å². The number of likely N-dealkylation sites (N-methyl/N-ethyl adjacent to an activating group) is 1. The van der Waals surface area contributed by atoms with E-state index in [0.717, 1.165) is 4.90 Å². The predicted molar refractivity (Wildman–Crippen MR) is 67.0 cm³/mol. The van der Waals surface area contributed by atoms with Gasteiger partial charge in [0.05, 0.1) is 5.37 Å². The zero-order chi connectivity index (χ0) is 13.9. The molecule has 0 aliphatic carbocycles. The molecule has 0 aromatic carbocycles. The van der Waals surface area contributed by atoms with Crippen molar-refractivity contribution in [3.8, 4) is 0 Å². The summed E-state index contributed by atoms with van der Waals surface area (Å²) in [4.78, 5) is 36.5. The number of carbonyl (C=O) groups excluding carboxylic acids is 2. The third-order valence-electron chi connectivity index (χ3n) is 2.67. The van der Waals surface area contributed by atoms with Crippen molar-refractivity contribution in [3.63, 3.8) is 0 Å². The van der Waals surface area contributed by atoms with E-state index in [1.165, 1.54) is 23.7 Å².